The topological polar surface area (TPSA) is 82.0 Å². The van der Waals surface area contributed by atoms with Crippen LogP contribution in [0.15, 0.2) is 6.07 Å². The van der Waals surface area contributed by atoms with Crippen molar-refractivity contribution in [2.45, 2.75) is 12.6 Å². The van der Waals surface area contributed by atoms with E-state index >= 15 is 0 Å². The third kappa shape index (κ3) is 2.57. The lowest BCUT2D eigenvalue weighted by Gasteiger charge is -2.10. The first kappa shape index (κ1) is 13.1. The highest BCUT2D eigenvalue weighted by atomic mass is 19.4. The number of anilines is 1. The predicted molar refractivity (Wildman–Crippen MR) is 45.3 cm³/mol. The van der Waals surface area contributed by atoms with E-state index in [1.165, 1.54) is 0 Å². The third-order valence-corrected chi connectivity index (χ3v) is 1.75. The number of nitrogen functional groups attached to an aromatic ring is 1. The van der Waals surface area contributed by atoms with Crippen LogP contribution in [0.25, 0.3) is 0 Å². The van der Waals surface area contributed by atoms with Gasteiger partial charge in [-0.15, -0.1) is 0 Å². The zero-order valence-electron chi connectivity index (χ0n) is 7.83. The van der Waals surface area contributed by atoms with Crippen molar-refractivity contribution in [3.8, 4) is 0 Å². The molecule has 0 saturated carbocycles. The van der Waals surface area contributed by atoms with Gasteiger partial charge in [0, 0.05) is 6.07 Å². The Balaban J connectivity index is 3.55. The minimum absolute atomic E-state index is 0.217. The van der Waals surface area contributed by atoms with Gasteiger partial charge in [-0.3, -0.25) is 10.1 Å². The number of nitro groups is 1. The lowest BCUT2D eigenvalue weighted by atomic mass is 10.2. The maximum absolute atomic E-state index is 12.3. The van der Waals surface area contributed by atoms with Crippen LogP contribution < -0.4 is 5.73 Å². The van der Waals surface area contributed by atoms with E-state index in [1.807, 2.05) is 0 Å². The SMILES string of the molecule is Nc1c([N+](=O)[O-])cc(C(F)F)nc1C(F)(F)F. The second kappa shape index (κ2) is 4.11. The molecular weight excluding hydrogens is 253 g/mol. The van der Waals surface area contributed by atoms with Crippen molar-refractivity contribution in [2.75, 3.05) is 5.73 Å². The molecule has 1 aromatic rings. The molecule has 0 aliphatic carbocycles. The number of pyridine rings is 1. The maximum atomic E-state index is 12.3. The average molecular weight is 257 g/mol. The van der Waals surface area contributed by atoms with Crippen molar-refractivity contribution in [1.29, 1.82) is 0 Å². The predicted octanol–water partition coefficient (Wildman–Crippen LogP) is 2.53. The lowest BCUT2D eigenvalue weighted by Crippen LogP contribution is -2.15. The van der Waals surface area contributed by atoms with Gasteiger partial charge >= 0.3 is 6.18 Å². The van der Waals surface area contributed by atoms with Gasteiger partial charge in [0.2, 0.25) is 0 Å². The molecule has 1 aromatic heterocycles. The number of alkyl halides is 5. The van der Waals surface area contributed by atoms with Gasteiger partial charge in [-0.25, -0.2) is 13.8 Å². The molecule has 1 rings (SSSR count). The van der Waals surface area contributed by atoms with Gasteiger partial charge in [0.15, 0.2) is 5.69 Å². The fourth-order valence-corrected chi connectivity index (χ4v) is 1.04. The van der Waals surface area contributed by atoms with Crippen molar-refractivity contribution in [3.05, 3.63) is 27.6 Å². The molecule has 2 N–H and O–H groups in total. The van der Waals surface area contributed by atoms with E-state index in [0.717, 1.165) is 0 Å². The summed E-state index contributed by atoms with van der Waals surface area (Å²) in [5, 5.41) is 10.4. The van der Waals surface area contributed by atoms with E-state index in [2.05, 4.69) is 4.98 Å². The lowest BCUT2D eigenvalue weighted by molar-refractivity contribution is -0.384. The zero-order chi connectivity index (χ0) is 13.4. The van der Waals surface area contributed by atoms with Gasteiger partial charge in [-0.05, 0) is 0 Å². The minimum Gasteiger partial charge on any atom is -0.391 e. The summed E-state index contributed by atoms with van der Waals surface area (Å²) < 4.78 is 61.4. The number of nitrogens with two attached hydrogens (primary N) is 1. The van der Waals surface area contributed by atoms with Crippen LogP contribution in [0.1, 0.15) is 17.8 Å². The van der Waals surface area contributed by atoms with E-state index in [4.69, 9.17) is 5.73 Å². The van der Waals surface area contributed by atoms with Gasteiger partial charge in [0.1, 0.15) is 11.4 Å². The molecule has 0 radical (unpaired) electrons. The fourth-order valence-electron chi connectivity index (χ4n) is 1.04. The van der Waals surface area contributed by atoms with Gasteiger partial charge < -0.3 is 5.73 Å². The molecule has 17 heavy (non-hydrogen) atoms. The van der Waals surface area contributed by atoms with Crippen molar-refractivity contribution >= 4 is 11.4 Å². The Bertz CT molecular complexity index is 460. The number of nitrogens with zero attached hydrogens (tertiary/aromatic N) is 2. The molecule has 0 spiro atoms. The highest BCUT2D eigenvalue weighted by molar-refractivity contribution is 5.62. The Morgan fingerprint density at radius 2 is 1.94 bits per heavy atom. The summed E-state index contributed by atoms with van der Waals surface area (Å²) in [6.07, 6.45) is -8.50. The summed E-state index contributed by atoms with van der Waals surface area (Å²) in [6.45, 7) is 0. The quantitative estimate of drug-likeness (QED) is 0.501. The van der Waals surface area contributed by atoms with Gasteiger partial charge in [0.25, 0.3) is 12.1 Å². The Kier molecular flexibility index (Phi) is 3.16. The summed E-state index contributed by atoms with van der Waals surface area (Å²) in [7, 11) is 0. The highest BCUT2D eigenvalue weighted by Gasteiger charge is 2.39. The van der Waals surface area contributed by atoms with Crippen LogP contribution in [0.2, 0.25) is 0 Å². The van der Waals surface area contributed by atoms with Crippen LogP contribution in [-0.2, 0) is 6.18 Å². The van der Waals surface area contributed by atoms with E-state index in [1.54, 1.807) is 0 Å². The second-order valence-electron chi connectivity index (χ2n) is 2.88. The molecule has 0 fully saturated rings. The van der Waals surface area contributed by atoms with Gasteiger partial charge in [0.05, 0.1) is 4.92 Å². The molecule has 94 valence electrons. The zero-order valence-corrected chi connectivity index (χ0v) is 7.83. The van der Waals surface area contributed by atoms with Crippen LogP contribution in [0.5, 0.6) is 0 Å². The van der Waals surface area contributed by atoms with Gasteiger partial charge in [-0.2, -0.15) is 13.2 Å². The molecule has 0 atom stereocenters. The summed E-state index contributed by atoms with van der Waals surface area (Å²) in [4.78, 5) is 11.7. The molecule has 0 amide bonds. The summed E-state index contributed by atoms with van der Waals surface area (Å²) in [5.74, 6) is 0. The molecule has 10 heteroatoms. The Morgan fingerprint density at radius 3 is 2.29 bits per heavy atom. The molecular formula is C7H4F5N3O2. The number of halogens is 5. The molecule has 0 bridgehead atoms. The van der Waals surface area contributed by atoms with Crippen LogP contribution in [0, 0.1) is 10.1 Å². The average Bonchev–Trinajstić information content (AvgIpc) is 2.15. The smallest absolute Gasteiger partial charge is 0.391 e. The Labute approximate surface area is 90.2 Å². The van der Waals surface area contributed by atoms with Crippen molar-refractivity contribution < 1.29 is 26.9 Å². The minimum atomic E-state index is -5.14. The second-order valence-corrected chi connectivity index (χ2v) is 2.88. The molecule has 0 saturated heterocycles. The van der Waals surface area contributed by atoms with Crippen LogP contribution in [0.4, 0.5) is 33.3 Å². The van der Waals surface area contributed by atoms with E-state index in [0.29, 0.717) is 0 Å². The third-order valence-electron chi connectivity index (χ3n) is 1.75. The van der Waals surface area contributed by atoms with E-state index in [9.17, 15) is 32.1 Å². The molecule has 0 aliphatic heterocycles. The summed E-state index contributed by atoms with van der Waals surface area (Å²) in [6, 6.07) is 0.217. The first-order valence-electron chi connectivity index (χ1n) is 3.94. The maximum Gasteiger partial charge on any atom is 0.435 e. The first-order chi connectivity index (χ1) is 7.64. The monoisotopic (exact) mass is 257 g/mol. The van der Waals surface area contributed by atoms with Crippen molar-refractivity contribution in [2.24, 2.45) is 0 Å². The first-order valence-corrected chi connectivity index (χ1v) is 3.94. The van der Waals surface area contributed by atoms with Crippen LogP contribution in [0.3, 0.4) is 0 Å². The summed E-state index contributed by atoms with van der Waals surface area (Å²) >= 11 is 0. The number of aromatic nitrogens is 1. The number of hydrogen-bond donors (Lipinski definition) is 1. The number of rotatable bonds is 2. The standard InChI is InChI=1S/C7H4F5N3O2/c8-6(9)2-1-3(15(16)17)4(13)5(14-2)7(10,11)12/h1,6H,13H2. The van der Waals surface area contributed by atoms with E-state index < -0.39 is 40.3 Å². The van der Waals surface area contributed by atoms with Crippen LogP contribution in [-0.4, -0.2) is 9.91 Å². The normalized spacial score (nSPS) is 11.9. The molecule has 5 nitrogen and oxygen atoms in total. The fraction of sp³-hybridized carbons (Fsp3) is 0.286. The molecule has 0 unspecified atom stereocenters. The Hall–Kier alpha value is -2.00. The summed E-state index contributed by atoms with van der Waals surface area (Å²) in [5.41, 5.74) is -0.898. The Morgan fingerprint density at radius 1 is 1.41 bits per heavy atom. The van der Waals surface area contributed by atoms with Crippen molar-refractivity contribution in [3.63, 3.8) is 0 Å². The largest absolute Gasteiger partial charge is 0.435 e. The van der Waals surface area contributed by atoms with E-state index in [-0.39, 0.29) is 6.07 Å². The number of hydrogen-bond acceptors (Lipinski definition) is 4. The van der Waals surface area contributed by atoms with Crippen molar-refractivity contribution in [1.82, 2.24) is 4.98 Å². The van der Waals surface area contributed by atoms with Gasteiger partial charge in [-0.1, -0.05) is 0 Å². The highest BCUT2D eigenvalue weighted by Crippen LogP contribution is 2.38. The molecule has 1 heterocycles. The van der Waals surface area contributed by atoms with Crippen LogP contribution >= 0.6 is 0 Å². The molecule has 0 aliphatic rings. The molecule has 0 aromatic carbocycles.